The van der Waals surface area contributed by atoms with Gasteiger partial charge in [-0.3, -0.25) is 4.79 Å². The summed E-state index contributed by atoms with van der Waals surface area (Å²) in [5.41, 5.74) is 0.718. The third-order valence-electron chi connectivity index (χ3n) is 2.78. The molecule has 0 bridgehead atoms. The van der Waals surface area contributed by atoms with Crippen molar-refractivity contribution in [2.24, 2.45) is 0 Å². The quantitative estimate of drug-likeness (QED) is 0.826. The largest absolute Gasteiger partial charge is 0.353 e. The van der Waals surface area contributed by atoms with Crippen LogP contribution in [-0.2, 0) is 14.8 Å². The van der Waals surface area contributed by atoms with Crippen molar-refractivity contribution in [2.45, 2.75) is 26.8 Å². The van der Waals surface area contributed by atoms with Gasteiger partial charge in [-0.05, 0) is 37.6 Å². The van der Waals surface area contributed by atoms with Crippen LogP contribution in [0.25, 0.3) is 6.08 Å². The molecule has 0 aromatic heterocycles. The molecule has 0 saturated carbocycles. The van der Waals surface area contributed by atoms with E-state index in [9.17, 15) is 13.2 Å². The molecular formula is C15H21ClN2O3S. The summed E-state index contributed by atoms with van der Waals surface area (Å²) in [6.45, 7) is 5.36. The second-order valence-electron chi connectivity index (χ2n) is 5.05. The maximum atomic E-state index is 12.3. The van der Waals surface area contributed by atoms with E-state index >= 15 is 0 Å². The zero-order valence-electron chi connectivity index (χ0n) is 12.9. The van der Waals surface area contributed by atoms with Crippen LogP contribution in [0.3, 0.4) is 0 Å². The molecule has 0 aliphatic rings. The fraction of sp³-hybridized carbons (Fsp3) is 0.400. The van der Waals surface area contributed by atoms with Crippen molar-refractivity contribution in [1.82, 2.24) is 9.62 Å². The Hall–Kier alpha value is -1.37. The standard InChI is InChI=1S/C15H21ClN2O3S/c1-4-18(11-15(19)17-12(2)3)22(20,21)10-9-13-5-7-14(16)8-6-13/h5-10,12H,4,11H2,1-3H3,(H,17,19)/b10-9+. The Morgan fingerprint density at radius 2 is 1.91 bits per heavy atom. The third-order valence-corrected chi connectivity index (χ3v) is 4.62. The van der Waals surface area contributed by atoms with Crippen molar-refractivity contribution in [3.05, 3.63) is 40.3 Å². The van der Waals surface area contributed by atoms with E-state index < -0.39 is 10.0 Å². The summed E-state index contributed by atoms with van der Waals surface area (Å²) in [7, 11) is -3.65. The van der Waals surface area contributed by atoms with Crippen molar-refractivity contribution < 1.29 is 13.2 Å². The first-order valence-corrected chi connectivity index (χ1v) is 8.86. The Kier molecular flexibility index (Phi) is 7.06. The van der Waals surface area contributed by atoms with Gasteiger partial charge in [0.15, 0.2) is 0 Å². The van der Waals surface area contributed by atoms with Crippen LogP contribution < -0.4 is 5.32 Å². The normalized spacial score (nSPS) is 12.3. The average Bonchev–Trinajstić information content (AvgIpc) is 2.43. The lowest BCUT2D eigenvalue weighted by molar-refractivity contribution is -0.121. The first-order chi connectivity index (χ1) is 10.2. The topological polar surface area (TPSA) is 66.5 Å². The van der Waals surface area contributed by atoms with Crippen molar-refractivity contribution in [1.29, 1.82) is 0 Å². The summed E-state index contributed by atoms with van der Waals surface area (Å²) in [4.78, 5) is 11.7. The average molecular weight is 345 g/mol. The minimum Gasteiger partial charge on any atom is -0.353 e. The number of nitrogens with one attached hydrogen (secondary N) is 1. The number of hydrogen-bond acceptors (Lipinski definition) is 3. The van der Waals surface area contributed by atoms with Gasteiger partial charge in [-0.15, -0.1) is 0 Å². The monoisotopic (exact) mass is 344 g/mol. The lowest BCUT2D eigenvalue weighted by Gasteiger charge is -2.18. The van der Waals surface area contributed by atoms with Gasteiger partial charge in [-0.2, -0.15) is 4.31 Å². The molecule has 1 rings (SSSR count). The predicted molar refractivity (Wildman–Crippen MR) is 89.9 cm³/mol. The Balaban J connectivity index is 2.81. The molecule has 1 amide bonds. The number of sulfonamides is 1. The molecule has 0 atom stereocenters. The number of carbonyl (C=O) groups excluding carboxylic acids is 1. The first kappa shape index (κ1) is 18.7. The van der Waals surface area contributed by atoms with Gasteiger partial charge < -0.3 is 5.32 Å². The fourth-order valence-electron chi connectivity index (χ4n) is 1.73. The third kappa shape index (κ3) is 6.17. The number of carbonyl (C=O) groups is 1. The van der Waals surface area contributed by atoms with Gasteiger partial charge >= 0.3 is 0 Å². The summed E-state index contributed by atoms with van der Waals surface area (Å²) in [5.74, 6) is -0.319. The van der Waals surface area contributed by atoms with E-state index in [1.807, 2.05) is 13.8 Å². The molecule has 1 aromatic carbocycles. The number of hydrogen-bond donors (Lipinski definition) is 1. The summed E-state index contributed by atoms with van der Waals surface area (Å²) in [6.07, 6.45) is 1.48. The van der Waals surface area contributed by atoms with Crippen LogP contribution in [0.1, 0.15) is 26.3 Å². The summed E-state index contributed by atoms with van der Waals surface area (Å²) < 4.78 is 25.6. The van der Waals surface area contributed by atoms with Crippen LogP contribution >= 0.6 is 11.6 Å². The van der Waals surface area contributed by atoms with Gasteiger partial charge in [0.05, 0.1) is 6.54 Å². The molecule has 1 N–H and O–H groups in total. The lowest BCUT2D eigenvalue weighted by Crippen LogP contribution is -2.41. The highest BCUT2D eigenvalue weighted by molar-refractivity contribution is 7.92. The Bertz CT molecular complexity index is 625. The summed E-state index contributed by atoms with van der Waals surface area (Å²) in [5, 5.41) is 4.36. The zero-order chi connectivity index (χ0) is 16.8. The molecule has 0 radical (unpaired) electrons. The van der Waals surface area contributed by atoms with Gasteiger partial charge in [0, 0.05) is 23.0 Å². The molecule has 0 aliphatic carbocycles. The van der Waals surface area contributed by atoms with Crippen molar-refractivity contribution in [3.8, 4) is 0 Å². The van der Waals surface area contributed by atoms with Gasteiger partial charge in [-0.1, -0.05) is 30.7 Å². The fourth-order valence-corrected chi connectivity index (χ4v) is 3.02. The van der Waals surface area contributed by atoms with E-state index in [1.54, 1.807) is 31.2 Å². The molecule has 0 fully saturated rings. The van der Waals surface area contributed by atoms with Gasteiger partial charge in [0.25, 0.3) is 0 Å². The van der Waals surface area contributed by atoms with Crippen molar-refractivity contribution >= 4 is 33.6 Å². The number of likely N-dealkylation sites (N-methyl/N-ethyl adjacent to an activating group) is 1. The lowest BCUT2D eigenvalue weighted by atomic mass is 10.2. The number of amides is 1. The molecule has 0 aliphatic heterocycles. The van der Waals surface area contributed by atoms with E-state index in [-0.39, 0.29) is 25.0 Å². The highest BCUT2D eigenvalue weighted by Gasteiger charge is 2.20. The van der Waals surface area contributed by atoms with Gasteiger partial charge in [0.1, 0.15) is 0 Å². The van der Waals surface area contributed by atoms with E-state index in [0.29, 0.717) is 5.02 Å². The van der Waals surface area contributed by atoms with E-state index in [2.05, 4.69) is 5.32 Å². The Morgan fingerprint density at radius 1 is 1.32 bits per heavy atom. The van der Waals surface area contributed by atoms with E-state index in [1.165, 1.54) is 6.08 Å². The molecule has 122 valence electrons. The van der Waals surface area contributed by atoms with Gasteiger partial charge in [-0.25, -0.2) is 8.42 Å². The van der Waals surface area contributed by atoms with Crippen molar-refractivity contribution in [2.75, 3.05) is 13.1 Å². The molecular weight excluding hydrogens is 324 g/mol. The smallest absolute Gasteiger partial charge is 0.236 e. The van der Waals surface area contributed by atoms with Crippen LogP contribution in [0.5, 0.6) is 0 Å². The number of benzene rings is 1. The summed E-state index contributed by atoms with van der Waals surface area (Å²) in [6, 6.07) is 6.77. The number of nitrogens with zero attached hydrogens (tertiary/aromatic N) is 1. The van der Waals surface area contributed by atoms with Crippen LogP contribution in [0.2, 0.25) is 5.02 Å². The minimum absolute atomic E-state index is 0.0291. The predicted octanol–water partition coefficient (Wildman–Crippen LogP) is 2.49. The second-order valence-corrected chi connectivity index (χ2v) is 7.30. The molecule has 0 saturated heterocycles. The number of rotatable bonds is 7. The van der Waals surface area contributed by atoms with Crippen LogP contribution in [0.15, 0.2) is 29.7 Å². The van der Waals surface area contributed by atoms with E-state index in [4.69, 9.17) is 11.6 Å². The highest BCUT2D eigenvalue weighted by atomic mass is 35.5. The van der Waals surface area contributed by atoms with Crippen LogP contribution in [0.4, 0.5) is 0 Å². The molecule has 1 aromatic rings. The highest BCUT2D eigenvalue weighted by Crippen LogP contribution is 2.12. The Morgan fingerprint density at radius 3 is 2.41 bits per heavy atom. The number of halogens is 1. The Labute approximate surface area is 137 Å². The zero-order valence-corrected chi connectivity index (χ0v) is 14.5. The molecule has 0 spiro atoms. The molecule has 22 heavy (non-hydrogen) atoms. The van der Waals surface area contributed by atoms with Gasteiger partial charge in [0.2, 0.25) is 15.9 Å². The molecule has 0 unspecified atom stereocenters. The SMILES string of the molecule is CCN(CC(=O)NC(C)C)S(=O)(=O)/C=C/c1ccc(Cl)cc1. The maximum absolute atomic E-state index is 12.3. The molecule has 7 heteroatoms. The summed E-state index contributed by atoms with van der Waals surface area (Å²) >= 11 is 5.78. The molecule has 5 nitrogen and oxygen atoms in total. The first-order valence-electron chi connectivity index (χ1n) is 6.97. The second kappa shape index (κ2) is 8.31. The maximum Gasteiger partial charge on any atom is 0.236 e. The van der Waals surface area contributed by atoms with E-state index in [0.717, 1.165) is 15.3 Å². The minimum atomic E-state index is -3.65. The van der Waals surface area contributed by atoms with Crippen molar-refractivity contribution in [3.63, 3.8) is 0 Å². The van der Waals surface area contributed by atoms with Crippen LogP contribution in [-0.4, -0.2) is 37.8 Å². The molecule has 0 heterocycles. The van der Waals surface area contributed by atoms with Crippen LogP contribution in [0, 0.1) is 0 Å².